The summed E-state index contributed by atoms with van der Waals surface area (Å²) < 4.78 is 2.58. The van der Waals surface area contributed by atoms with Crippen molar-refractivity contribution in [1.29, 1.82) is 0 Å². The predicted molar refractivity (Wildman–Crippen MR) is 260 cm³/mol. The minimum Gasteiger partial charge on any atom is -0.308 e. The molecular weight excluding hydrogens is 743 g/mol. The Morgan fingerprint density at radius 3 is 1.55 bits per heavy atom. The van der Waals surface area contributed by atoms with Crippen LogP contribution in [0.25, 0.3) is 96.6 Å². The fourth-order valence-electron chi connectivity index (χ4n) is 9.52. The zero-order valence-electron chi connectivity index (χ0n) is 32.7. The van der Waals surface area contributed by atoms with Crippen LogP contribution in [-0.4, -0.2) is 0 Å². The normalized spacial score (nSPS) is 11.7. The molecule has 0 saturated carbocycles. The highest BCUT2D eigenvalue weighted by Gasteiger charge is 2.22. The lowest BCUT2D eigenvalue weighted by Crippen LogP contribution is -2.10. The van der Waals surface area contributed by atoms with Crippen LogP contribution in [0.1, 0.15) is 0 Å². The van der Waals surface area contributed by atoms with Gasteiger partial charge in [-0.1, -0.05) is 188 Å². The van der Waals surface area contributed by atoms with Crippen LogP contribution in [-0.2, 0) is 0 Å². The molecule has 0 aliphatic heterocycles. The van der Waals surface area contributed by atoms with E-state index in [9.17, 15) is 0 Å². The first-order valence-corrected chi connectivity index (χ1v) is 21.4. The average Bonchev–Trinajstić information content (AvgIpc) is 3.71. The van der Waals surface area contributed by atoms with E-state index in [0.717, 1.165) is 5.69 Å². The maximum absolute atomic E-state index is 2.49. The van der Waals surface area contributed by atoms with E-state index in [1.165, 1.54) is 108 Å². The van der Waals surface area contributed by atoms with E-state index >= 15 is 0 Å². The average molecular weight is 780 g/mol. The van der Waals surface area contributed by atoms with Gasteiger partial charge in [0.1, 0.15) is 0 Å². The fraction of sp³-hybridized carbons (Fsp3) is 0. The van der Waals surface area contributed by atoms with E-state index in [-0.39, 0.29) is 0 Å². The van der Waals surface area contributed by atoms with E-state index < -0.39 is 0 Å². The number of fused-ring (bicyclic) bond motifs is 9. The molecule has 1 heterocycles. The maximum atomic E-state index is 2.49. The molecule has 0 unspecified atom stereocenters. The highest BCUT2D eigenvalue weighted by Crippen LogP contribution is 2.49. The van der Waals surface area contributed by atoms with Crippen molar-refractivity contribution in [2.45, 2.75) is 0 Å². The van der Waals surface area contributed by atoms with Crippen LogP contribution in [0.15, 0.2) is 224 Å². The molecular formula is C58H37NS. The third-order valence-corrected chi connectivity index (χ3v) is 13.4. The van der Waals surface area contributed by atoms with Crippen molar-refractivity contribution in [3.05, 3.63) is 224 Å². The second-order valence-electron chi connectivity index (χ2n) is 15.6. The second-order valence-corrected chi connectivity index (χ2v) is 16.6. The highest BCUT2D eigenvalue weighted by molar-refractivity contribution is 7.26. The van der Waals surface area contributed by atoms with E-state index in [1.54, 1.807) is 0 Å². The first-order chi connectivity index (χ1) is 29.8. The molecule has 0 aliphatic carbocycles. The third kappa shape index (κ3) is 5.53. The van der Waals surface area contributed by atoms with Crippen molar-refractivity contribution in [3.8, 4) is 33.4 Å². The highest BCUT2D eigenvalue weighted by atomic mass is 32.1. The van der Waals surface area contributed by atoms with Crippen molar-refractivity contribution >= 4 is 91.7 Å². The van der Waals surface area contributed by atoms with Gasteiger partial charge in [-0.25, -0.2) is 0 Å². The predicted octanol–water partition coefficient (Wildman–Crippen LogP) is 17.1. The molecule has 12 rings (SSSR count). The lowest BCUT2D eigenvalue weighted by atomic mass is 9.84. The van der Waals surface area contributed by atoms with Crippen LogP contribution in [0.2, 0.25) is 0 Å². The maximum Gasteiger partial charge on any atom is 0.0640 e. The zero-order valence-corrected chi connectivity index (χ0v) is 33.5. The third-order valence-electron chi connectivity index (χ3n) is 12.2. The van der Waals surface area contributed by atoms with Gasteiger partial charge in [0.05, 0.1) is 16.1 Å². The Morgan fingerprint density at radius 1 is 0.283 bits per heavy atom. The van der Waals surface area contributed by atoms with E-state index in [4.69, 9.17) is 0 Å². The molecule has 280 valence electrons. The Morgan fingerprint density at radius 2 is 0.817 bits per heavy atom. The number of anilines is 3. The van der Waals surface area contributed by atoms with Gasteiger partial charge >= 0.3 is 0 Å². The van der Waals surface area contributed by atoms with E-state index in [0.29, 0.717) is 0 Å². The number of benzene rings is 11. The summed E-state index contributed by atoms with van der Waals surface area (Å²) in [6, 6.07) is 82.5. The standard InChI is InChI=1S/C58H37NS/c1-3-16-39(17-4-1)56-50-26-12-10-23-46(50)47-35-32-41(36-52(47)57(56)40-18-5-2-6-19-40)38-30-33-43(34-31-38)59(53-28-15-27-51-49-25-13-14-29-55(49)60-58(51)53)54-37-42-20-7-8-21-44(42)45-22-9-11-24-48(45)54/h1-37H. The van der Waals surface area contributed by atoms with Gasteiger partial charge in [0.25, 0.3) is 0 Å². The van der Waals surface area contributed by atoms with Crippen molar-refractivity contribution in [1.82, 2.24) is 0 Å². The van der Waals surface area contributed by atoms with Gasteiger partial charge in [-0.05, 0) is 107 Å². The van der Waals surface area contributed by atoms with Crippen LogP contribution >= 0.6 is 11.3 Å². The molecule has 0 bridgehead atoms. The first kappa shape index (κ1) is 34.5. The molecule has 0 fully saturated rings. The second kappa shape index (κ2) is 14.1. The number of hydrogen-bond acceptors (Lipinski definition) is 2. The molecule has 0 aliphatic rings. The zero-order chi connectivity index (χ0) is 39.6. The summed E-state index contributed by atoms with van der Waals surface area (Å²) in [6.45, 7) is 0. The molecule has 2 heteroatoms. The summed E-state index contributed by atoms with van der Waals surface area (Å²) in [5.74, 6) is 0. The van der Waals surface area contributed by atoms with Crippen molar-refractivity contribution in [2.24, 2.45) is 0 Å². The fourth-order valence-corrected chi connectivity index (χ4v) is 10.7. The van der Waals surface area contributed by atoms with Crippen LogP contribution in [0.3, 0.4) is 0 Å². The first-order valence-electron chi connectivity index (χ1n) is 20.6. The summed E-state index contributed by atoms with van der Waals surface area (Å²) in [6.07, 6.45) is 0. The molecule has 1 aromatic heterocycles. The van der Waals surface area contributed by atoms with Crippen LogP contribution in [0.4, 0.5) is 17.1 Å². The van der Waals surface area contributed by atoms with Crippen LogP contribution in [0.5, 0.6) is 0 Å². The lowest BCUT2D eigenvalue weighted by molar-refractivity contribution is 1.32. The Hall–Kier alpha value is -7.52. The molecule has 11 aromatic carbocycles. The molecule has 12 aromatic rings. The van der Waals surface area contributed by atoms with Gasteiger partial charge in [0.15, 0.2) is 0 Å². The monoisotopic (exact) mass is 779 g/mol. The van der Waals surface area contributed by atoms with Crippen molar-refractivity contribution in [2.75, 3.05) is 4.90 Å². The van der Waals surface area contributed by atoms with Gasteiger partial charge in [0, 0.05) is 26.5 Å². The van der Waals surface area contributed by atoms with Gasteiger partial charge in [-0.2, -0.15) is 0 Å². The van der Waals surface area contributed by atoms with Crippen LogP contribution in [0, 0.1) is 0 Å². The number of hydrogen-bond donors (Lipinski definition) is 0. The lowest BCUT2D eigenvalue weighted by Gasteiger charge is -2.28. The molecule has 60 heavy (non-hydrogen) atoms. The Labute approximate surface area is 352 Å². The number of rotatable bonds is 6. The van der Waals surface area contributed by atoms with Gasteiger partial charge in [-0.15, -0.1) is 11.3 Å². The van der Waals surface area contributed by atoms with Gasteiger partial charge < -0.3 is 4.90 Å². The largest absolute Gasteiger partial charge is 0.308 e. The summed E-state index contributed by atoms with van der Waals surface area (Å²) in [5.41, 5.74) is 10.8. The molecule has 0 spiro atoms. The Balaban J connectivity index is 1.08. The van der Waals surface area contributed by atoms with Gasteiger partial charge in [0.2, 0.25) is 0 Å². The molecule has 0 amide bonds. The number of thiophene rings is 1. The Kier molecular flexibility index (Phi) is 8.11. The molecule has 0 N–H and O–H groups in total. The van der Waals surface area contributed by atoms with Crippen LogP contribution < -0.4 is 4.90 Å². The molecule has 1 nitrogen and oxygen atoms in total. The van der Waals surface area contributed by atoms with Gasteiger partial charge in [-0.3, -0.25) is 0 Å². The molecule has 0 radical (unpaired) electrons. The minimum absolute atomic E-state index is 1.12. The molecule has 0 saturated heterocycles. The van der Waals surface area contributed by atoms with Crippen molar-refractivity contribution < 1.29 is 0 Å². The summed E-state index contributed by atoms with van der Waals surface area (Å²) in [5, 5.41) is 12.6. The summed E-state index contributed by atoms with van der Waals surface area (Å²) in [7, 11) is 0. The SMILES string of the molecule is c1ccc(-c2c(-c3ccccc3)c3cc(-c4ccc(N(c5cc6ccccc6c6ccccc56)c5cccc6c5sc5ccccc56)cc4)ccc3c3ccccc23)cc1. The topological polar surface area (TPSA) is 3.24 Å². The number of nitrogens with zero attached hydrogens (tertiary/aromatic N) is 1. The summed E-state index contributed by atoms with van der Waals surface area (Å²) >= 11 is 1.87. The summed E-state index contributed by atoms with van der Waals surface area (Å²) in [4.78, 5) is 2.49. The quantitative estimate of drug-likeness (QED) is 0.152. The smallest absolute Gasteiger partial charge is 0.0640 e. The minimum atomic E-state index is 1.12. The van der Waals surface area contributed by atoms with E-state index in [1.807, 2.05) is 11.3 Å². The van der Waals surface area contributed by atoms with Crippen molar-refractivity contribution in [3.63, 3.8) is 0 Å². The molecule has 0 atom stereocenters. The Bertz CT molecular complexity index is 3590. The van der Waals surface area contributed by atoms with E-state index in [2.05, 4.69) is 229 Å².